The molecule has 0 radical (unpaired) electrons. The SMILES string of the molecule is OC[C@@H]1O[C@H]([Se]c2ccccc2)[C@@H](O)[C@@H]1O. The second-order valence-corrected chi connectivity index (χ2v) is 6.10. The van der Waals surface area contributed by atoms with Crippen molar-refractivity contribution < 1.29 is 20.1 Å². The minimum atomic E-state index is -0.986. The summed E-state index contributed by atoms with van der Waals surface area (Å²) in [5.74, 6) is 0. The molecule has 1 aromatic rings. The molecule has 2 rings (SSSR count). The Labute approximate surface area is 100 Å². The van der Waals surface area contributed by atoms with Crippen LogP contribution in [-0.4, -0.2) is 60.2 Å². The van der Waals surface area contributed by atoms with Gasteiger partial charge in [0.05, 0.1) is 0 Å². The van der Waals surface area contributed by atoms with Crippen LogP contribution in [0.15, 0.2) is 30.3 Å². The van der Waals surface area contributed by atoms with Gasteiger partial charge in [-0.05, 0) is 0 Å². The fourth-order valence-corrected chi connectivity index (χ4v) is 3.86. The fourth-order valence-electron chi connectivity index (χ4n) is 1.60. The van der Waals surface area contributed by atoms with Gasteiger partial charge in [0.25, 0.3) is 0 Å². The van der Waals surface area contributed by atoms with Gasteiger partial charge in [0.15, 0.2) is 0 Å². The van der Waals surface area contributed by atoms with Crippen molar-refractivity contribution in [3.8, 4) is 0 Å². The molecular weight excluding hydrogens is 275 g/mol. The van der Waals surface area contributed by atoms with Gasteiger partial charge in [-0.1, -0.05) is 0 Å². The van der Waals surface area contributed by atoms with Crippen molar-refractivity contribution in [2.24, 2.45) is 0 Å². The molecule has 0 spiro atoms. The van der Waals surface area contributed by atoms with Crippen LogP contribution in [-0.2, 0) is 4.74 Å². The molecule has 1 aromatic carbocycles. The summed E-state index contributed by atoms with van der Waals surface area (Å²) in [7, 11) is 0. The van der Waals surface area contributed by atoms with Crippen molar-refractivity contribution >= 4 is 19.4 Å². The van der Waals surface area contributed by atoms with E-state index in [1.807, 2.05) is 30.3 Å². The van der Waals surface area contributed by atoms with E-state index in [9.17, 15) is 10.2 Å². The molecule has 0 aromatic heterocycles. The molecule has 1 fully saturated rings. The number of rotatable bonds is 3. The van der Waals surface area contributed by atoms with Gasteiger partial charge < -0.3 is 0 Å². The van der Waals surface area contributed by atoms with Crippen molar-refractivity contribution in [3.05, 3.63) is 30.3 Å². The molecule has 0 saturated carbocycles. The van der Waals surface area contributed by atoms with Gasteiger partial charge in [-0.3, -0.25) is 0 Å². The van der Waals surface area contributed by atoms with Crippen molar-refractivity contribution in [2.75, 3.05) is 6.61 Å². The van der Waals surface area contributed by atoms with Crippen LogP contribution in [0.5, 0.6) is 0 Å². The second kappa shape index (κ2) is 5.27. The number of aliphatic hydroxyl groups is 3. The summed E-state index contributed by atoms with van der Waals surface area (Å²) in [5, 5.41) is 27.9. The molecule has 1 heterocycles. The van der Waals surface area contributed by atoms with Gasteiger partial charge in [0.2, 0.25) is 0 Å². The monoisotopic (exact) mass is 290 g/mol. The van der Waals surface area contributed by atoms with Gasteiger partial charge in [0, 0.05) is 0 Å². The first-order valence-electron chi connectivity index (χ1n) is 5.06. The predicted molar refractivity (Wildman–Crippen MR) is 59.6 cm³/mol. The van der Waals surface area contributed by atoms with Gasteiger partial charge in [-0.2, -0.15) is 0 Å². The molecule has 4 nitrogen and oxygen atoms in total. The molecule has 5 heteroatoms. The standard InChI is InChI=1S/C11H14O4Se/c12-6-8-9(13)10(14)11(15-8)16-7-4-2-1-3-5-7/h1-5,8-14H,6H2/t8-,9+,10-,11+/m0/s1. The third kappa shape index (κ3) is 2.46. The predicted octanol–water partition coefficient (Wildman–Crippen LogP) is -1.54. The Morgan fingerprint density at radius 1 is 1.12 bits per heavy atom. The van der Waals surface area contributed by atoms with Crippen LogP contribution >= 0.6 is 0 Å². The number of hydrogen-bond donors (Lipinski definition) is 3. The summed E-state index contributed by atoms with van der Waals surface area (Å²) in [6, 6.07) is 9.72. The van der Waals surface area contributed by atoms with Gasteiger partial charge in [-0.25, -0.2) is 0 Å². The maximum atomic E-state index is 9.75. The van der Waals surface area contributed by atoms with Crippen LogP contribution < -0.4 is 4.46 Å². The van der Waals surface area contributed by atoms with Crippen LogP contribution in [0.3, 0.4) is 0 Å². The Balaban J connectivity index is 2.01. The molecule has 1 aliphatic heterocycles. The van der Waals surface area contributed by atoms with Crippen LogP contribution in [0.25, 0.3) is 0 Å². The third-order valence-electron chi connectivity index (χ3n) is 2.49. The molecule has 0 aliphatic carbocycles. The molecule has 4 atom stereocenters. The number of aliphatic hydroxyl groups excluding tert-OH is 3. The molecule has 1 saturated heterocycles. The van der Waals surface area contributed by atoms with E-state index in [1.54, 1.807) is 0 Å². The van der Waals surface area contributed by atoms with Crippen molar-refractivity contribution in [3.63, 3.8) is 0 Å². The first kappa shape index (κ1) is 12.0. The normalized spacial score (nSPS) is 34.2. The molecule has 16 heavy (non-hydrogen) atoms. The first-order valence-corrected chi connectivity index (χ1v) is 6.91. The van der Waals surface area contributed by atoms with Crippen LogP contribution in [0, 0.1) is 0 Å². The minimum absolute atomic E-state index is 0.0639. The summed E-state index contributed by atoms with van der Waals surface area (Å²) >= 11 is -0.0639. The summed E-state index contributed by atoms with van der Waals surface area (Å²) in [6.45, 7) is -0.264. The van der Waals surface area contributed by atoms with Crippen LogP contribution in [0.1, 0.15) is 0 Å². The van der Waals surface area contributed by atoms with E-state index in [0.717, 1.165) is 4.46 Å². The van der Waals surface area contributed by atoms with Crippen LogP contribution in [0.4, 0.5) is 0 Å². The number of ether oxygens (including phenoxy) is 1. The Hall–Kier alpha value is -0.421. The summed E-state index contributed by atoms with van der Waals surface area (Å²) in [5.41, 5.74) is 0. The Morgan fingerprint density at radius 2 is 1.81 bits per heavy atom. The van der Waals surface area contributed by atoms with Crippen molar-refractivity contribution in [1.82, 2.24) is 0 Å². The first-order chi connectivity index (χ1) is 7.72. The number of benzene rings is 1. The average Bonchev–Trinajstić information content (AvgIpc) is 2.58. The van der Waals surface area contributed by atoms with E-state index in [-0.39, 0.29) is 26.6 Å². The van der Waals surface area contributed by atoms with E-state index < -0.39 is 18.3 Å². The Morgan fingerprint density at radius 3 is 2.38 bits per heavy atom. The van der Waals surface area contributed by atoms with E-state index >= 15 is 0 Å². The topological polar surface area (TPSA) is 69.9 Å². The summed E-state index contributed by atoms with van der Waals surface area (Å²) in [6.07, 6.45) is -2.55. The maximum absolute atomic E-state index is 9.75. The molecule has 1 aliphatic rings. The number of hydrogen-bond acceptors (Lipinski definition) is 4. The average molecular weight is 289 g/mol. The van der Waals surface area contributed by atoms with E-state index in [4.69, 9.17) is 9.84 Å². The summed E-state index contributed by atoms with van der Waals surface area (Å²) < 4.78 is 6.52. The Kier molecular flexibility index (Phi) is 3.97. The van der Waals surface area contributed by atoms with Gasteiger partial charge in [-0.15, -0.1) is 0 Å². The second-order valence-electron chi connectivity index (χ2n) is 3.64. The fraction of sp³-hybridized carbons (Fsp3) is 0.455. The molecule has 88 valence electrons. The molecule has 0 amide bonds. The zero-order valence-electron chi connectivity index (χ0n) is 8.56. The molecular formula is C11H14O4Se. The quantitative estimate of drug-likeness (QED) is 0.590. The molecule has 0 bridgehead atoms. The van der Waals surface area contributed by atoms with Crippen molar-refractivity contribution in [2.45, 2.75) is 23.3 Å². The zero-order chi connectivity index (χ0) is 11.5. The van der Waals surface area contributed by atoms with Crippen LogP contribution in [0.2, 0.25) is 0 Å². The Bertz CT molecular complexity index is 332. The van der Waals surface area contributed by atoms with Gasteiger partial charge >= 0.3 is 99.7 Å². The van der Waals surface area contributed by atoms with E-state index in [0.29, 0.717) is 0 Å². The molecule has 3 N–H and O–H groups in total. The zero-order valence-corrected chi connectivity index (χ0v) is 10.3. The van der Waals surface area contributed by atoms with Crippen molar-refractivity contribution in [1.29, 1.82) is 0 Å². The third-order valence-corrected chi connectivity index (χ3v) is 4.94. The van der Waals surface area contributed by atoms with E-state index in [2.05, 4.69) is 0 Å². The van der Waals surface area contributed by atoms with E-state index in [1.165, 1.54) is 0 Å². The van der Waals surface area contributed by atoms with Gasteiger partial charge in [0.1, 0.15) is 0 Å². The summed E-state index contributed by atoms with van der Waals surface area (Å²) in [4.78, 5) is 0. The molecule has 0 unspecified atom stereocenters.